The van der Waals surface area contributed by atoms with Crippen molar-refractivity contribution in [2.45, 2.75) is 6.92 Å². The molecule has 0 unspecified atom stereocenters. The molecule has 0 aromatic carbocycles. The molecule has 0 spiro atoms. The summed E-state index contributed by atoms with van der Waals surface area (Å²) in [7, 11) is 0. The van der Waals surface area contributed by atoms with Gasteiger partial charge in [0.05, 0.1) is 0 Å². The van der Waals surface area contributed by atoms with Crippen LogP contribution >= 0.6 is 11.8 Å². The molecule has 54 valence electrons. The summed E-state index contributed by atoms with van der Waals surface area (Å²) in [6.07, 6.45) is 2.02. The van der Waals surface area contributed by atoms with E-state index in [2.05, 4.69) is 5.16 Å². The smallest absolute Gasteiger partial charge is 0.136 e. The van der Waals surface area contributed by atoms with Crippen molar-refractivity contribution in [3.63, 3.8) is 0 Å². The Labute approximate surface area is 59.6 Å². The van der Waals surface area contributed by atoms with E-state index in [0.29, 0.717) is 12.4 Å². The van der Waals surface area contributed by atoms with Crippen molar-refractivity contribution >= 4 is 17.6 Å². The van der Waals surface area contributed by atoms with E-state index < -0.39 is 0 Å². The number of nitrogens with two attached hydrogens (primary N) is 1. The summed E-state index contributed by atoms with van der Waals surface area (Å²) in [5.74, 6) is 1.42. The van der Waals surface area contributed by atoms with Crippen LogP contribution in [0.2, 0.25) is 0 Å². The Bertz CT molecular complexity index is 91.0. The van der Waals surface area contributed by atoms with Gasteiger partial charge in [0.1, 0.15) is 12.4 Å². The van der Waals surface area contributed by atoms with E-state index >= 15 is 0 Å². The minimum atomic E-state index is 0.469. The predicted octanol–water partition coefficient (Wildman–Crippen LogP) is 0.658. The summed E-state index contributed by atoms with van der Waals surface area (Å²) in [4.78, 5) is 4.78. The van der Waals surface area contributed by atoms with E-state index in [0.717, 1.165) is 5.75 Å². The second kappa shape index (κ2) is 5.75. The number of amidine groups is 1. The van der Waals surface area contributed by atoms with Gasteiger partial charge in [-0.1, -0.05) is 5.16 Å². The summed E-state index contributed by atoms with van der Waals surface area (Å²) in [5, 5.41) is 3.54. The number of nitrogens with zero attached hydrogens (tertiary/aromatic N) is 1. The van der Waals surface area contributed by atoms with E-state index in [-0.39, 0.29) is 0 Å². The molecule has 0 saturated carbocycles. The Kier molecular flexibility index (Phi) is 5.51. The summed E-state index contributed by atoms with van der Waals surface area (Å²) in [6.45, 7) is 2.33. The minimum Gasteiger partial charge on any atom is -0.394 e. The molecule has 0 fully saturated rings. The molecule has 0 saturated heterocycles. The highest BCUT2D eigenvalue weighted by Crippen LogP contribution is 1.90. The lowest BCUT2D eigenvalue weighted by Crippen LogP contribution is -2.06. The first kappa shape index (κ1) is 8.62. The first-order chi connectivity index (χ1) is 4.27. The van der Waals surface area contributed by atoms with Gasteiger partial charge in [0.2, 0.25) is 0 Å². The molecule has 0 aliphatic carbocycles. The van der Waals surface area contributed by atoms with Crippen LogP contribution in [-0.2, 0) is 4.84 Å². The second-order valence-corrected chi connectivity index (χ2v) is 2.54. The average molecular weight is 148 g/mol. The Morgan fingerprint density at radius 2 is 2.44 bits per heavy atom. The fraction of sp³-hybridized carbons (Fsp3) is 0.800. The fourth-order valence-electron chi connectivity index (χ4n) is 0.268. The van der Waals surface area contributed by atoms with Crippen LogP contribution in [0.4, 0.5) is 0 Å². The van der Waals surface area contributed by atoms with Gasteiger partial charge in [-0.05, 0) is 13.2 Å². The van der Waals surface area contributed by atoms with E-state index in [4.69, 9.17) is 10.6 Å². The maximum absolute atomic E-state index is 5.19. The third-order valence-corrected chi connectivity index (χ3v) is 1.16. The summed E-state index contributed by atoms with van der Waals surface area (Å²) >= 11 is 1.72. The molecule has 0 rings (SSSR count). The summed E-state index contributed by atoms with van der Waals surface area (Å²) in [5.41, 5.74) is 5.19. The van der Waals surface area contributed by atoms with Crippen molar-refractivity contribution < 1.29 is 4.84 Å². The highest BCUT2D eigenvalue weighted by Gasteiger charge is 1.82. The van der Waals surface area contributed by atoms with Crippen LogP contribution in [-0.4, -0.2) is 24.5 Å². The van der Waals surface area contributed by atoms with Crippen LogP contribution in [0.3, 0.4) is 0 Å². The van der Waals surface area contributed by atoms with Gasteiger partial charge in [-0.15, -0.1) is 0 Å². The fourth-order valence-corrected chi connectivity index (χ4v) is 0.509. The van der Waals surface area contributed by atoms with Crippen molar-refractivity contribution in [2.24, 2.45) is 10.9 Å². The van der Waals surface area contributed by atoms with Gasteiger partial charge in [-0.2, -0.15) is 11.8 Å². The molecule has 0 radical (unpaired) electrons. The van der Waals surface area contributed by atoms with E-state index in [1.807, 2.05) is 6.26 Å². The van der Waals surface area contributed by atoms with E-state index in [1.54, 1.807) is 18.7 Å². The summed E-state index contributed by atoms with van der Waals surface area (Å²) < 4.78 is 0. The maximum atomic E-state index is 5.19. The summed E-state index contributed by atoms with van der Waals surface area (Å²) in [6, 6.07) is 0. The van der Waals surface area contributed by atoms with Gasteiger partial charge < -0.3 is 10.6 Å². The average Bonchev–Trinajstić information content (AvgIpc) is 1.80. The van der Waals surface area contributed by atoms with Crippen LogP contribution < -0.4 is 5.73 Å². The molecular weight excluding hydrogens is 136 g/mol. The normalized spacial score (nSPS) is 11.6. The Morgan fingerprint density at radius 3 is 2.89 bits per heavy atom. The van der Waals surface area contributed by atoms with Crippen LogP contribution in [0.5, 0.6) is 0 Å². The monoisotopic (exact) mass is 148 g/mol. The number of hydrogen-bond acceptors (Lipinski definition) is 3. The lowest BCUT2D eigenvalue weighted by molar-refractivity contribution is 0.161. The molecule has 3 nitrogen and oxygen atoms in total. The van der Waals surface area contributed by atoms with Gasteiger partial charge in [0, 0.05) is 5.75 Å². The molecule has 0 aliphatic rings. The lowest BCUT2D eigenvalue weighted by Gasteiger charge is -1.95. The molecule has 0 aromatic rings. The Balaban J connectivity index is 3.00. The topological polar surface area (TPSA) is 47.6 Å². The number of oxime groups is 1. The lowest BCUT2D eigenvalue weighted by atomic mass is 10.7. The number of thioether (sulfide) groups is 1. The molecule has 2 N–H and O–H groups in total. The predicted molar refractivity (Wildman–Crippen MR) is 41.6 cm³/mol. The maximum Gasteiger partial charge on any atom is 0.136 e. The van der Waals surface area contributed by atoms with Gasteiger partial charge in [0.25, 0.3) is 0 Å². The highest BCUT2D eigenvalue weighted by molar-refractivity contribution is 7.98. The van der Waals surface area contributed by atoms with E-state index in [9.17, 15) is 0 Å². The molecule has 0 bridgehead atoms. The zero-order valence-corrected chi connectivity index (χ0v) is 6.57. The van der Waals surface area contributed by atoms with Gasteiger partial charge in [0.15, 0.2) is 0 Å². The standard InChI is InChI=1S/C5H12N2OS/c1-5(6)7-8-3-4-9-2/h3-4H2,1-2H3,(H2,6,7). The Hall–Kier alpha value is -0.380. The van der Waals surface area contributed by atoms with E-state index in [1.165, 1.54) is 0 Å². The minimum absolute atomic E-state index is 0.469. The molecular formula is C5H12N2OS. The third-order valence-electron chi connectivity index (χ3n) is 0.587. The SMILES string of the molecule is CSCCO/N=C(\C)N. The zero-order chi connectivity index (χ0) is 7.11. The van der Waals surface area contributed by atoms with Crippen LogP contribution in [0.1, 0.15) is 6.92 Å². The first-order valence-corrected chi connectivity index (χ1v) is 4.07. The van der Waals surface area contributed by atoms with Crippen molar-refractivity contribution in [2.75, 3.05) is 18.6 Å². The molecule has 9 heavy (non-hydrogen) atoms. The van der Waals surface area contributed by atoms with Gasteiger partial charge in [-0.3, -0.25) is 0 Å². The van der Waals surface area contributed by atoms with Crippen LogP contribution in [0, 0.1) is 0 Å². The quantitative estimate of drug-likeness (QED) is 0.276. The molecule has 0 aromatic heterocycles. The van der Waals surface area contributed by atoms with Gasteiger partial charge in [-0.25, -0.2) is 0 Å². The van der Waals surface area contributed by atoms with Crippen molar-refractivity contribution in [1.82, 2.24) is 0 Å². The third kappa shape index (κ3) is 7.62. The van der Waals surface area contributed by atoms with Crippen molar-refractivity contribution in [1.29, 1.82) is 0 Å². The molecule has 0 aliphatic heterocycles. The molecule has 4 heteroatoms. The van der Waals surface area contributed by atoms with Crippen LogP contribution in [0.25, 0.3) is 0 Å². The molecule has 0 atom stereocenters. The number of rotatable bonds is 4. The van der Waals surface area contributed by atoms with Crippen molar-refractivity contribution in [3.8, 4) is 0 Å². The molecule has 0 amide bonds. The largest absolute Gasteiger partial charge is 0.394 e. The zero-order valence-electron chi connectivity index (χ0n) is 5.76. The highest BCUT2D eigenvalue weighted by atomic mass is 32.2. The van der Waals surface area contributed by atoms with Gasteiger partial charge >= 0.3 is 0 Å². The molecule has 0 heterocycles. The second-order valence-electron chi connectivity index (χ2n) is 1.56. The first-order valence-electron chi connectivity index (χ1n) is 2.68. The number of hydrogen-bond donors (Lipinski definition) is 1. The van der Waals surface area contributed by atoms with Crippen molar-refractivity contribution in [3.05, 3.63) is 0 Å². The Morgan fingerprint density at radius 1 is 1.78 bits per heavy atom. The van der Waals surface area contributed by atoms with Crippen LogP contribution in [0.15, 0.2) is 5.16 Å².